The Labute approximate surface area is 225 Å². The summed E-state index contributed by atoms with van der Waals surface area (Å²) in [5.74, 6) is -0.593. The third-order valence-corrected chi connectivity index (χ3v) is 7.56. The van der Waals surface area contributed by atoms with Crippen LogP contribution in [0.4, 0.5) is 9.18 Å². The molecule has 0 aromatic heterocycles. The number of halogens is 1. The number of carbonyl (C=O) groups excluding carboxylic acids is 2. The summed E-state index contributed by atoms with van der Waals surface area (Å²) in [5, 5.41) is 18.2. The van der Waals surface area contributed by atoms with E-state index in [9.17, 15) is 14.7 Å². The third kappa shape index (κ3) is 7.32. The smallest absolute Gasteiger partial charge is 0.406 e. The molecule has 2 amide bonds. The summed E-state index contributed by atoms with van der Waals surface area (Å²) < 4.78 is 20.2. The number of rotatable bonds is 12. The Morgan fingerprint density at radius 3 is 2.71 bits per heavy atom. The van der Waals surface area contributed by atoms with E-state index in [2.05, 4.69) is 22.3 Å². The number of carbonyl (C=O) groups is 2. The van der Waals surface area contributed by atoms with Crippen molar-refractivity contribution in [2.75, 3.05) is 40.3 Å². The largest absolute Gasteiger partial charge is 0.453 e. The molecule has 8 heteroatoms. The average molecular weight is 528 g/mol. The highest BCUT2D eigenvalue weighted by Gasteiger charge is 2.43. The Hall–Kier alpha value is -2.97. The van der Waals surface area contributed by atoms with Gasteiger partial charge < -0.3 is 25.4 Å². The van der Waals surface area contributed by atoms with Crippen LogP contribution < -0.4 is 10.6 Å². The molecule has 3 rings (SSSR count). The third-order valence-electron chi connectivity index (χ3n) is 7.56. The van der Waals surface area contributed by atoms with E-state index in [1.165, 1.54) is 13.2 Å². The lowest BCUT2D eigenvalue weighted by Crippen LogP contribution is -2.48. The van der Waals surface area contributed by atoms with Gasteiger partial charge >= 0.3 is 6.09 Å². The second kappa shape index (κ2) is 14.3. The topological polar surface area (TPSA) is 90.9 Å². The van der Waals surface area contributed by atoms with Crippen LogP contribution in [-0.4, -0.2) is 62.3 Å². The monoisotopic (exact) mass is 527 g/mol. The van der Waals surface area contributed by atoms with Crippen molar-refractivity contribution in [1.29, 1.82) is 0 Å². The lowest BCUT2D eigenvalue weighted by molar-refractivity contribution is -0.136. The molecule has 1 fully saturated rings. The predicted octanol–water partition coefficient (Wildman–Crippen LogP) is 4.62. The number of likely N-dealkylation sites (tertiary alicyclic amines) is 1. The van der Waals surface area contributed by atoms with Crippen LogP contribution in [0.5, 0.6) is 0 Å². The van der Waals surface area contributed by atoms with Crippen LogP contribution in [0.1, 0.15) is 56.6 Å². The second-order valence-electron chi connectivity index (χ2n) is 10.0. The van der Waals surface area contributed by atoms with Crippen molar-refractivity contribution in [2.24, 2.45) is 5.92 Å². The number of amides is 2. The molecule has 0 radical (unpaired) electrons. The molecule has 0 unspecified atom stereocenters. The van der Waals surface area contributed by atoms with Crippen molar-refractivity contribution in [1.82, 2.24) is 15.5 Å². The Balaban J connectivity index is 1.98. The molecular formula is C30H42FN3O4. The molecular weight excluding hydrogens is 485 g/mol. The standard InChI is InChI=1S/C30H42FN3O4/c1-4-22-10-5-11-23(20-22)28-25(13-6-14-26(28)31)30(37,16-9-18-33-29(36)38-3)24-12-8-19-34(21-24)27(35)15-7-17-32-2/h5-6,10-11,13-14,20,24,32,37H,4,7-9,12,15-19,21H2,1-3H3,(H,33,36)/t24-,30+/m1/s1. The van der Waals surface area contributed by atoms with Crippen molar-refractivity contribution in [3.63, 3.8) is 0 Å². The van der Waals surface area contributed by atoms with Crippen LogP contribution in [0.25, 0.3) is 11.1 Å². The number of hydrogen-bond acceptors (Lipinski definition) is 5. The summed E-state index contributed by atoms with van der Waals surface area (Å²) >= 11 is 0. The molecule has 1 saturated heterocycles. The maximum Gasteiger partial charge on any atom is 0.406 e. The fourth-order valence-corrected chi connectivity index (χ4v) is 5.47. The highest BCUT2D eigenvalue weighted by molar-refractivity contribution is 5.76. The molecule has 0 spiro atoms. The summed E-state index contributed by atoms with van der Waals surface area (Å²) in [6.45, 7) is 4.19. The highest BCUT2D eigenvalue weighted by Crippen LogP contribution is 2.44. The van der Waals surface area contributed by atoms with Gasteiger partial charge in [-0.05, 0) is 74.9 Å². The van der Waals surface area contributed by atoms with Crippen molar-refractivity contribution in [3.8, 4) is 11.1 Å². The van der Waals surface area contributed by atoms with Gasteiger partial charge in [-0.1, -0.05) is 43.3 Å². The van der Waals surface area contributed by atoms with Gasteiger partial charge in [0.1, 0.15) is 5.82 Å². The summed E-state index contributed by atoms with van der Waals surface area (Å²) in [6, 6.07) is 12.6. The molecule has 2 atom stereocenters. The first-order chi connectivity index (χ1) is 18.3. The van der Waals surface area contributed by atoms with Crippen molar-refractivity contribution in [3.05, 3.63) is 59.4 Å². The van der Waals surface area contributed by atoms with Crippen LogP contribution in [0.2, 0.25) is 0 Å². The van der Waals surface area contributed by atoms with Gasteiger partial charge in [-0.2, -0.15) is 0 Å². The number of nitrogens with zero attached hydrogens (tertiary/aromatic N) is 1. The minimum absolute atomic E-state index is 0.0785. The molecule has 1 aliphatic rings. The number of nitrogens with one attached hydrogen (secondary N) is 2. The number of ether oxygens (including phenoxy) is 1. The molecule has 38 heavy (non-hydrogen) atoms. The van der Waals surface area contributed by atoms with Gasteiger partial charge in [-0.25, -0.2) is 9.18 Å². The predicted molar refractivity (Wildman–Crippen MR) is 147 cm³/mol. The minimum Gasteiger partial charge on any atom is -0.453 e. The van der Waals surface area contributed by atoms with Gasteiger partial charge in [0.25, 0.3) is 0 Å². The van der Waals surface area contributed by atoms with Crippen molar-refractivity contribution in [2.45, 2.75) is 57.5 Å². The summed E-state index contributed by atoms with van der Waals surface area (Å²) in [7, 11) is 3.17. The Bertz CT molecular complexity index is 1080. The van der Waals surface area contributed by atoms with Crippen LogP contribution in [0, 0.1) is 11.7 Å². The van der Waals surface area contributed by atoms with Gasteiger partial charge in [0.15, 0.2) is 0 Å². The number of aliphatic hydroxyl groups is 1. The zero-order valence-corrected chi connectivity index (χ0v) is 22.9. The Morgan fingerprint density at radius 1 is 1.18 bits per heavy atom. The van der Waals surface area contributed by atoms with E-state index in [4.69, 9.17) is 0 Å². The highest BCUT2D eigenvalue weighted by atomic mass is 19.1. The normalized spacial score (nSPS) is 17.1. The van der Waals surface area contributed by atoms with E-state index in [1.807, 2.05) is 36.2 Å². The second-order valence-corrected chi connectivity index (χ2v) is 10.0. The fourth-order valence-electron chi connectivity index (χ4n) is 5.47. The first kappa shape index (κ1) is 29.6. The molecule has 1 aliphatic heterocycles. The van der Waals surface area contributed by atoms with E-state index >= 15 is 4.39 Å². The van der Waals surface area contributed by atoms with Crippen LogP contribution >= 0.6 is 0 Å². The van der Waals surface area contributed by atoms with Gasteiger partial charge in [-0.3, -0.25) is 4.79 Å². The van der Waals surface area contributed by atoms with Crippen LogP contribution in [0.3, 0.4) is 0 Å². The fraction of sp³-hybridized carbons (Fsp3) is 0.533. The molecule has 7 nitrogen and oxygen atoms in total. The SMILES string of the molecule is CCc1cccc(-c2c(F)cccc2[C@](O)(CCCNC(=O)OC)[C@@H]2CCCN(C(=O)CCCNC)C2)c1. The van der Waals surface area contributed by atoms with E-state index in [0.717, 1.165) is 36.9 Å². The summed E-state index contributed by atoms with van der Waals surface area (Å²) in [5.41, 5.74) is 1.32. The quantitative estimate of drug-likeness (QED) is 0.351. The zero-order chi connectivity index (χ0) is 27.5. The number of methoxy groups -OCH3 is 1. The summed E-state index contributed by atoms with van der Waals surface area (Å²) in [6.07, 6.45) is 3.72. The number of aryl methyl sites for hydroxylation is 1. The molecule has 2 aromatic carbocycles. The maximum absolute atomic E-state index is 15.5. The lowest BCUT2D eigenvalue weighted by atomic mass is 9.72. The van der Waals surface area contributed by atoms with Crippen molar-refractivity contribution >= 4 is 12.0 Å². The Kier molecular flexibility index (Phi) is 11.1. The first-order valence-corrected chi connectivity index (χ1v) is 13.7. The van der Waals surface area contributed by atoms with Crippen LogP contribution in [-0.2, 0) is 21.6 Å². The average Bonchev–Trinajstić information content (AvgIpc) is 2.95. The lowest BCUT2D eigenvalue weighted by Gasteiger charge is -2.43. The van der Waals surface area contributed by atoms with Gasteiger partial charge in [0.2, 0.25) is 5.91 Å². The van der Waals surface area contributed by atoms with Crippen LogP contribution in [0.15, 0.2) is 42.5 Å². The molecule has 1 heterocycles. The van der Waals surface area contributed by atoms with Gasteiger partial charge in [0.05, 0.1) is 12.7 Å². The Morgan fingerprint density at radius 2 is 1.97 bits per heavy atom. The molecule has 2 aromatic rings. The first-order valence-electron chi connectivity index (χ1n) is 13.7. The van der Waals surface area contributed by atoms with E-state index < -0.39 is 17.5 Å². The number of benzene rings is 2. The van der Waals surface area contributed by atoms with E-state index in [0.29, 0.717) is 56.4 Å². The van der Waals surface area contributed by atoms with E-state index in [-0.39, 0.29) is 11.8 Å². The zero-order valence-electron chi connectivity index (χ0n) is 22.9. The number of hydrogen-bond donors (Lipinski definition) is 3. The molecule has 3 N–H and O–H groups in total. The number of alkyl carbamates (subject to hydrolysis) is 1. The summed E-state index contributed by atoms with van der Waals surface area (Å²) in [4.78, 5) is 26.4. The minimum atomic E-state index is -1.40. The maximum atomic E-state index is 15.5. The molecule has 0 aliphatic carbocycles. The van der Waals surface area contributed by atoms with Gasteiger partial charge in [-0.15, -0.1) is 0 Å². The number of piperidine rings is 1. The van der Waals surface area contributed by atoms with E-state index in [1.54, 1.807) is 12.1 Å². The molecule has 0 bridgehead atoms. The van der Waals surface area contributed by atoms with Gasteiger partial charge in [0, 0.05) is 37.5 Å². The van der Waals surface area contributed by atoms with Crippen molar-refractivity contribution < 1.29 is 23.8 Å². The molecule has 0 saturated carbocycles. The molecule has 208 valence electrons.